The normalized spacial score (nSPS) is 11.7. The second-order valence-corrected chi connectivity index (χ2v) is 7.40. The third kappa shape index (κ3) is 4.57. The molecule has 0 aliphatic carbocycles. The number of para-hydroxylation sites is 2. The predicted molar refractivity (Wildman–Crippen MR) is 115 cm³/mol. The lowest BCUT2D eigenvalue weighted by atomic mass is 10.2. The quantitative estimate of drug-likeness (QED) is 0.283. The zero-order valence-electron chi connectivity index (χ0n) is 15.9. The van der Waals surface area contributed by atoms with E-state index < -0.39 is 0 Å². The maximum Gasteiger partial charge on any atom is 0.250 e. The summed E-state index contributed by atoms with van der Waals surface area (Å²) in [5.74, 6) is 0.648. The van der Waals surface area contributed by atoms with Crippen molar-refractivity contribution in [2.45, 2.75) is 18.6 Å². The Kier molecular flexibility index (Phi) is 5.76. The minimum absolute atomic E-state index is 0.195. The molecule has 146 valence electrons. The minimum Gasteiger partial charge on any atom is -0.463 e. The van der Waals surface area contributed by atoms with E-state index in [1.165, 1.54) is 17.3 Å². The number of fused-ring (bicyclic) bond motifs is 1. The largest absolute Gasteiger partial charge is 0.463 e. The highest BCUT2D eigenvalue weighted by molar-refractivity contribution is 7.99. The topological polar surface area (TPSA) is 72.4 Å². The van der Waals surface area contributed by atoms with Gasteiger partial charge in [-0.1, -0.05) is 54.2 Å². The SMILES string of the molecule is C/C(=N\NC(=O)CSc1nc2ccccc2n1Cc1ccccc1)c1ccco1. The average Bonchev–Trinajstić information content (AvgIpc) is 3.40. The van der Waals surface area contributed by atoms with Crippen LogP contribution in [0, 0.1) is 0 Å². The van der Waals surface area contributed by atoms with Gasteiger partial charge in [-0.15, -0.1) is 0 Å². The van der Waals surface area contributed by atoms with Crippen molar-refractivity contribution in [3.05, 3.63) is 84.3 Å². The Morgan fingerprint density at radius 1 is 1.10 bits per heavy atom. The van der Waals surface area contributed by atoms with Gasteiger partial charge in [0, 0.05) is 0 Å². The zero-order valence-corrected chi connectivity index (χ0v) is 16.7. The molecule has 0 aliphatic rings. The maximum atomic E-state index is 12.3. The number of carbonyl (C=O) groups is 1. The van der Waals surface area contributed by atoms with Crippen LogP contribution >= 0.6 is 11.8 Å². The molecule has 0 spiro atoms. The van der Waals surface area contributed by atoms with Crippen molar-refractivity contribution >= 4 is 34.4 Å². The molecule has 29 heavy (non-hydrogen) atoms. The van der Waals surface area contributed by atoms with Crippen LogP contribution in [0.2, 0.25) is 0 Å². The number of rotatable bonds is 7. The number of hydrogen-bond acceptors (Lipinski definition) is 5. The molecule has 0 unspecified atom stereocenters. The Labute approximate surface area is 172 Å². The van der Waals surface area contributed by atoms with Gasteiger partial charge >= 0.3 is 0 Å². The summed E-state index contributed by atoms with van der Waals surface area (Å²) in [5.41, 5.74) is 6.33. The summed E-state index contributed by atoms with van der Waals surface area (Å²) in [5, 5.41) is 4.90. The third-order valence-electron chi connectivity index (χ3n) is 4.36. The molecule has 0 atom stereocenters. The Morgan fingerprint density at radius 2 is 1.90 bits per heavy atom. The molecule has 2 heterocycles. The van der Waals surface area contributed by atoms with E-state index >= 15 is 0 Å². The smallest absolute Gasteiger partial charge is 0.250 e. The predicted octanol–water partition coefficient (Wildman–Crippen LogP) is 4.31. The molecule has 2 aromatic heterocycles. The molecule has 7 heteroatoms. The number of hydrazone groups is 1. The highest BCUT2D eigenvalue weighted by Crippen LogP contribution is 2.25. The van der Waals surface area contributed by atoms with Crippen LogP contribution in [0.4, 0.5) is 0 Å². The molecule has 4 aromatic rings. The summed E-state index contributed by atoms with van der Waals surface area (Å²) >= 11 is 1.40. The number of nitrogens with zero attached hydrogens (tertiary/aromatic N) is 3. The lowest BCUT2D eigenvalue weighted by Gasteiger charge is -2.09. The standard InChI is InChI=1S/C22H20N4O2S/c1-16(20-12-7-13-28-20)24-25-21(27)15-29-22-23-18-10-5-6-11-19(18)26(22)14-17-8-3-2-4-9-17/h2-13H,14-15H2,1H3,(H,25,27)/b24-16+. The highest BCUT2D eigenvalue weighted by atomic mass is 32.2. The van der Waals surface area contributed by atoms with Gasteiger partial charge in [0.05, 0.1) is 29.6 Å². The molecule has 0 fully saturated rings. The van der Waals surface area contributed by atoms with Crippen LogP contribution in [0.1, 0.15) is 18.2 Å². The van der Waals surface area contributed by atoms with Gasteiger partial charge < -0.3 is 8.98 Å². The second kappa shape index (κ2) is 8.79. The van der Waals surface area contributed by atoms with Gasteiger partial charge in [-0.05, 0) is 36.8 Å². The molecule has 0 saturated carbocycles. The highest BCUT2D eigenvalue weighted by Gasteiger charge is 2.13. The van der Waals surface area contributed by atoms with E-state index in [-0.39, 0.29) is 11.7 Å². The van der Waals surface area contributed by atoms with Crippen LogP contribution in [0.5, 0.6) is 0 Å². The summed E-state index contributed by atoms with van der Waals surface area (Å²) in [6.07, 6.45) is 1.57. The average molecular weight is 404 g/mol. The Hall–Kier alpha value is -3.32. The Bertz CT molecular complexity index is 1130. The fourth-order valence-electron chi connectivity index (χ4n) is 2.93. The monoisotopic (exact) mass is 404 g/mol. The number of amides is 1. The molecule has 6 nitrogen and oxygen atoms in total. The van der Waals surface area contributed by atoms with Crippen molar-refractivity contribution in [2.24, 2.45) is 5.10 Å². The van der Waals surface area contributed by atoms with Crippen LogP contribution in [-0.2, 0) is 11.3 Å². The Balaban J connectivity index is 1.48. The number of benzene rings is 2. The third-order valence-corrected chi connectivity index (χ3v) is 5.34. The second-order valence-electron chi connectivity index (χ2n) is 6.45. The number of aromatic nitrogens is 2. The lowest BCUT2D eigenvalue weighted by molar-refractivity contribution is -0.118. The van der Waals surface area contributed by atoms with Crippen LogP contribution in [0.25, 0.3) is 11.0 Å². The van der Waals surface area contributed by atoms with Gasteiger partial charge in [-0.3, -0.25) is 4.79 Å². The van der Waals surface area contributed by atoms with Gasteiger partial charge in [-0.25, -0.2) is 10.4 Å². The minimum atomic E-state index is -0.195. The molecule has 1 N–H and O–H groups in total. The van der Waals surface area contributed by atoms with Crippen LogP contribution in [-0.4, -0.2) is 26.9 Å². The molecular formula is C22H20N4O2S. The fourth-order valence-corrected chi connectivity index (χ4v) is 3.74. The van der Waals surface area contributed by atoms with Crippen LogP contribution < -0.4 is 5.43 Å². The Morgan fingerprint density at radius 3 is 2.69 bits per heavy atom. The number of hydrogen-bond donors (Lipinski definition) is 1. The van der Waals surface area contributed by atoms with Crippen molar-refractivity contribution in [1.29, 1.82) is 0 Å². The van der Waals surface area contributed by atoms with Gasteiger partial charge in [0.2, 0.25) is 0 Å². The van der Waals surface area contributed by atoms with Crippen molar-refractivity contribution < 1.29 is 9.21 Å². The number of nitrogens with one attached hydrogen (secondary N) is 1. The lowest BCUT2D eigenvalue weighted by Crippen LogP contribution is -2.21. The molecule has 0 saturated heterocycles. The summed E-state index contributed by atoms with van der Waals surface area (Å²) in [7, 11) is 0. The number of furan rings is 1. The van der Waals surface area contributed by atoms with Crippen molar-refractivity contribution in [3.63, 3.8) is 0 Å². The van der Waals surface area contributed by atoms with Crippen molar-refractivity contribution in [1.82, 2.24) is 15.0 Å². The first-order valence-corrected chi connectivity index (χ1v) is 10.2. The first-order chi connectivity index (χ1) is 14.2. The molecule has 0 radical (unpaired) electrons. The van der Waals surface area contributed by atoms with E-state index in [1.807, 2.05) is 42.5 Å². The summed E-state index contributed by atoms with van der Waals surface area (Å²) in [4.78, 5) is 17.0. The van der Waals surface area contributed by atoms with E-state index in [0.717, 1.165) is 16.2 Å². The van der Waals surface area contributed by atoms with E-state index in [2.05, 4.69) is 27.2 Å². The molecule has 0 aliphatic heterocycles. The first kappa shape index (κ1) is 19.0. The molecule has 1 amide bonds. The first-order valence-electron chi connectivity index (χ1n) is 9.20. The molecule has 0 bridgehead atoms. The van der Waals surface area contributed by atoms with Gasteiger partial charge in [0.1, 0.15) is 11.5 Å². The van der Waals surface area contributed by atoms with Gasteiger partial charge in [0.25, 0.3) is 5.91 Å². The summed E-state index contributed by atoms with van der Waals surface area (Å²) < 4.78 is 7.40. The zero-order chi connectivity index (χ0) is 20.1. The maximum absolute atomic E-state index is 12.3. The summed E-state index contributed by atoms with van der Waals surface area (Å²) in [6.45, 7) is 2.48. The van der Waals surface area contributed by atoms with E-state index in [1.54, 1.807) is 25.3 Å². The number of carbonyl (C=O) groups excluding carboxylic acids is 1. The van der Waals surface area contributed by atoms with E-state index in [9.17, 15) is 4.79 Å². The van der Waals surface area contributed by atoms with Crippen molar-refractivity contribution in [3.8, 4) is 0 Å². The van der Waals surface area contributed by atoms with Gasteiger partial charge in [0.15, 0.2) is 5.16 Å². The van der Waals surface area contributed by atoms with Crippen LogP contribution in [0.3, 0.4) is 0 Å². The van der Waals surface area contributed by atoms with E-state index in [4.69, 9.17) is 9.40 Å². The van der Waals surface area contributed by atoms with Gasteiger partial charge in [-0.2, -0.15) is 5.10 Å². The summed E-state index contributed by atoms with van der Waals surface area (Å²) in [6, 6.07) is 21.8. The van der Waals surface area contributed by atoms with Crippen LogP contribution in [0.15, 0.2) is 87.7 Å². The molecule has 4 rings (SSSR count). The number of imidazole rings is 1. The molecular weight excluding hydrogens is 384 g/mol. The van der Waals surface area contributed by atoms with Crippen molar-refractivity contribution in [2.75, 3.05) is 5.75 Å². The van der Waals surface area contributed by atoms with E-state index in [0.29, 0.717) is 18.0 Å². The fraction of sp³-hybridized carbons (Fsp3) is 0.136. The molecule has 2 aromatic carbocycles. The number of thioether (sulfide) groups is 1.